The monoisotopic (exact) mass is 286 g/mol. The van der Waals surface area contributed by atoms with Crippen molar-refractivity contribution in [1.29, 1.82) is 0 Å². The predicted octanol–water partition coefficient (Wildman–Crippen LogP) is 4.33. The zero-order chi connectivity index (χ0) is 14.1. The lowest BCUT2D eigenvalue weighted by Gasteiger charge is -2.11. The Balaban J connectivity index is 2.30. The Labute approximate surface area is 122 Å². The van der Waals surface area contributed by atoms with Gasteiger partial charge in [0.05, 0.1) is 29.2 Å². The summed E-state index contributed by atoms with van der Waals surface area (Å²) in [6, 6.07) is 15.9. The molecule has 3 rings (SSSR count). The third-order valence-electron chi connectivity index (χ3n) is 3.25. The van der Waals surface area contributed by atoms with E-state index >= 15 is 0 Å². The number of alkyl halides is 1. The van der Waals surface area contributed by atoms with Crippen molar-refractivity contribution in [2.75, 3.05) is 7.11 Å². The van der Waals surface area contributed by atoms with E-state index in [4.69, 9.17) is 16.3 Å². The maximum absolute atomic E-state index is 6.29. The number of nitrogens with zero attached hydrogens (tertiary/aromatic N) is 2. The molecule has 0 aliphatic heterocycles. The van der Waals surface area contributed by atoms with E-state index in [9.17, 15) is 0 Å². The van der Waals surface area contributed by atoms with Gasteiger partial charge < -0.3 is 4.74 Å². The molecule has 0 aliphatic rings. The van der Waals surface area contributed by atoms with Crippen LogP contribution in [0.3, 0.4) is 0 Å². The molecule has 20 heavy (non-hydrogen) atoms. The van der Waals surface area contributed by atoms with Crippen LogP contribution in [-0.4, -0.2) is 16.7 Å². The smallest absolute Gasteiger partial charge is 0.132 e. The van der Waals surface area contributed by atoms with Crippen molar-refractivity contribution in [3.8, 4) is 11.4 Å². The number of hydrogen-bond donors (Lipinski definition) is 0. The van der Waals surface area contributed by atoms with Crippen LogP contribution in [-0.2, 0) is 0 Å². The number of imidazole rings is 1. The van der Waals surface area contributed by atoms with E-state index < -0.39 is 0 Å². The summed E-state index contributed by atoms with van der Waals surface area (Å²) >= 11 is 6.29. The fraction of sp³-hybridized carbons (Fsp3) is 0.188. The van der Waals surface area contributed by atoms with E-state index in [1.807, 2.05) is 55.5 Å². The summed E-state index contributed by atoms with van der Waals surface area (Å²) in [5.41, 5.74) is 2.99. The van der Waals surface area contributed by atoms with E-state index in [0.29, 0.717) is 0 Å². The molecule has 0 bridgehead atoms. The lowest BCUT2D eigenvalue weighted by atomic mass is 10.2. The Morgan fingerprint density at radius 2 is 1.95 bits per heavy atom. The van der Waals surface area contributed by atoms with Gasteiger partial charge in [-0.05, 0) is 31.2 Å². The second-order valence-corrected chi connectivity index (χ2v) is 5.27. The minimum absolute atomic E-state index is 0.173. The fourth-order valence-corrected chi connectivity index (χ4v) is 2.48. The molecule has 0 radical (unpaired) electrons. The SMILES string of the molecule is COc1cccc(-n2c(C(C)Cl)nc3ccccc32)c1. The maximum atomic E-state index is 6.29. The molecule has 4 heteroatoms. The van der Waals surface area contributed by atoms with Crippen LogP contribution < -0.4 is 4.74 Å². The van der Waals surface area contributed by atoms with Crippen molar-refractivity contribution in [1.82, 2.24) is 9.55 Å². The molecule has 0 aliphatic carbocycles. The molecule has 1 heterocycles. The molecule has 1 aromatic heterocycles. The van der Waals surface area contributed by atoms with Crippen molar-refractivity contribution >= 4 is 22.6 Å². The highest BCUT2D eigenvalue weighted by Crippen LogP contribution is 2.29. The molecule has 0 spiro atoms. The normalized spacial score (nSPS) is 12.6. The summed E-state index contributed by atoms with van der Waals surface area (Å²) in [4.78, 5) is 4.63. The van der Waals surface area contributed by atoms with Gasteiger partial charge >= 0.3 is 0 Å². The Morgan fingerprint density at radius 1 is 1.15 bits per heavy atom. The molecule has 1 unspecified atom stereocenters. The highest BCUT2D eigenvalue weighted by molar-refractivity contribution is 6.20. The van der Waals surface area contributed by atoms with Gasteiger partial charge in [0, 0.05) is 6.07 Å². The minimum atomic E-state index is -0.173. The fourth-order valence-electron chi connectivity index (χ4n) is 2.33. The van der Waals surface area contributed by atoms with Crippen LogP contribution in [0.1, 0.15) is 18.1 Å². The summed E-state index contributed by atoms with van der Waals surface area (Å²) in [5, 5.41) is -0.173. The summed E-state index contributed by atoms with van der Waals surface area (Å²) in [7, 11) is 1.66. The highest BCUT2D eigenvalue weighted by Gasteiger charge is 2.16. The Hall–Kier alpha value is -2.00. The number of halogens is 1. The quantitative estimate of drug-likeness (QED) is 0.670. The van der Waals surface area contributed by atoms with Gasteiger partial charge in [-0.2, -0.15) is 0 Å². The maximum Gasteiger partial charge on any atom is 0.132 e. The van der Waals surface area contributed by atoms with Crippen LogP contribution in [0, 0.1) is 0 Å². The van der Waals surface area contributed by atoms with Crippen molar-refractivity contribution < 1.29 is 4.74 Å². The number of rotatable bonds is 3. The molecular formula is C16H15ClN2O. The summed E-state index contributed by atoms with van der Waals surface area (Å²) in [5.74, 6) is 1.65. The van der Waals surface area contributed by atoms with Gasteiger partial charge in [-0.1, -0.05) is 18.2 Å². The topological polar surface area (TPSA) is 27.1 Å². The standard InChI is InChI=1S/C16H15ClN2O/c1-11(17)16-18-14-8-3-4-9-15(14)19(16)12-6-5-7-13(10-12)20-2/h3-11H,1-2H3. The minimum Gasteiger partial charge on any atom is -0.497 e. The first-order valence-corrected chi connectivity index (χ1v) is 6.90. The van der Waals surface area contributed by atoms with Gasteiger partial charge in [-0.3, -0.25) is 4.57 Å². The van der Waals surface area contributed by atoms with Crippen LogP contribution in [0.2, 0.25) is 0 Å². The first-order valence-electron chi connectivity index (χ1n) is 6.46. The third kappa shape index (κ3) is 2.14. The predicted molar refractivity (Wildman–Crippen MR) is 81.9 cm³/mol. The summed E-state index contributed by atoms with van der Waals surface area (Å²) in [6.45, 7) is 1.93. The van der Waals surface area contributed by atoms with Gasteiger partial charge in [-0.25, -0.2) is 4.98 Å². The van der Waals surface area contributed by atoms with Crippen LogP contribution >= 0.6 is 11.6 Å². The highest BCUT2D eigenvalue weighted by atomic mass is 35.5. The first-order chi connectivity index (χ1) is 9.70. The Morgan fingerprint density at radius 3 is 2.70 bits per heavy atom. The van der Waals surface area contributed by atoms with Gasteiger partial charge in [-0.15, -0.1) is 11.6 Å². The molecule has 3 aromatic rings. The number of hydrogen-bond acceptors (Lipinski definition) is 2. The molecule has 0 saturated carbocycles. The average molecular weight is 287 g/mol. The van der Waals surface area contributed by atoms with Crippen molar-refractivity contribution in [3.63, 3.8) is 0 Å². The molecule has 2 aromatic carbocycles. The lowest BCUT2D eigenvalue weighted by molar-refractivity contribution is 0.414. The molecular weight excluding hydrogens is 272 g/mol. The number of ether oxygens (including phenoxy) is 1. The molecule has 102 valence electrons. The second-order valence-electron chi connectivity index (χ2n) is 4.61. The van der Waals surface area contributed by atoms with Gasteiger partial charge in [0.15, 0.2) is 0 Å². The van der Waals surface area contributed by atoms with Crippen LogP contribution in [0.25, 0.3) is 16.7 Å². The molecule has 0 N–H and O–H groups in total. The zero-order valence-electron chi connectivity index (χ0n) is 11.4. The summed E-state index contributed by atoms with van der Waals surface area (Å²) < 4.78 is 7.38. The van der Waals surface area contributed by atoms with Crippen molar-refractivity contribution in [2.24, 2.45) is 0 Å². The van der Waals surface area contributed by atoms with Gasteiger partial charge in [0.25, 0.3) is 0 Å². The first kappa shape index (κ1) is 13.0. The average Bonchev–Trinajstić information content (AvgIpc) is 2.87. The van der Waals surface area contributed by atoms with Crippen molar-refractivity contribution in [2.45, 2.75) is 12.3 Å². The second kappa shape index (κ2) is 5.17. The number of benzene rings is 2. The van der Waals surface area contributed by atoms with E-state index in [2.05, 4.69) is 9.55 Å². The van der Waals surface area contributed by atoms with Gasteiger partial charge in [0.1, 0.15) is 11.6 Å². The Bertz CT molecular complexity index is 749. The van der Waals surface area contributed by atoms with Crippen LogP contribution in [0.15, 0.2) is 48.5 Å². The van der Waals surface area contributed by atoms with E-state index in [0.717, 1.165) is 28.3 Å². The largest absolute Gasteiger partial charge is 0.497 e. The lowest BCUT2D eigenvalue weighted by Crippen LogP contribution is -2.02. The van der Waals surface area contributed by atoms with E-state index in [1.165, 1.54) is 0 Å². The van der Waals surface area contributed by atoms with Crippen LogP contribution in [0.4, 0.5) is 0 Å². The number of methoxy groups -OCH3 is 1. The third-order valence-corrected chi connectivity index (χ3v) is 3.45. The number of aromatic nitrogens is 2. The van der Waals surface area contributed by atoms with Crippen molar-refractivity contribution in [3.05, 3.63) is 54.4 Å². The van der Waals surface area contributed by atoms with Crippen LogP contribution in [0.5, 0.6) is 5.75 Å². The number of fused-ring (bicyclic) bond motifs is 1. The van der Waals surface area contributed by atoms with Gasteiger partial charge in [0.2, 0.25) is 0 Å². The zero-order valence-corrected chi connectivity index (χ0v) is 12.1. The van der Waals surface area contributed by atoms with E-state index in [-0.39, 0.29) is 5.38 Å². The van der Waals surface area contributed by atoms with E-state index in [1.54, 1.807) is 7.11 Å². The molecule has 0 amide bonds. The molecule has 0 fully saturated rings. The number of para-hydroxylation sites is 2. The molecule has 0 saturated heterocycles. The molecule has 1 atom stereocenters. The molecule has 3 nitrogen and oxygen atoms in total. The Kier molecular flexibility index (Phi) is 3.36. The summed E-state index contributed by atoms with van der Waals surface area (Å²) in [6.07, 6.45) is 0.